The standard InChI is InChI=1S/C28H28ClN5O4/c1-17(34(27(37)38)28(2,3)4)24-32-22-15-9-14-21(29)23(22)25(35)33(24)20-13-8-12-19(16-20)31-26(36)30-18-10-6-5-7-11-18/h5-17H,1-4H3,(H,37,38)(H2,30,31,36). The molecule has 0 spiro atoms. The molecule has 3 amide bonds. The third kappa shape index (κ3) is 5.47. The molecule has 0 bridgehead atoms. The summed E-state index contributed by atoms with van der Waals surface area (Å²) in [5, 5.41) is 16.0. The summed E-state index contributed by atoms with van der Waals surface area (Å²) in [6.07, 6.45) is -1.15. The van der Waals surface area contributed by atoms with Crippen LogP contribution in [0.4, 0.5) is 21.0 Å². The van der Waals surface area contributed by atoms with E-state index < -0.39 is 29.3 Å². The smallest absolute Gasteiger partial charge is 0.408 e. The molecule has 0 radical (unpaired) electrons. The number of benzene rings is 3. The van der Waals surface area contributed by atoms with E-state index in [1.807, 2.05) is 6.07 Å². The van der Waals surface area contributed by atoms with Crippen LogP contribution in [0.1, 0.15) is 39.6 Å². The number of nitrogens with one attached hydrogen (secondary N) is 2. The zero-order chi connectivity index (χ0) is 27.6. The molecule has 0 fully saturated rings. The Bertz CT molecular complexity index is 1560. The molecular weight excluding hydrogens is 506 g/mol. The van der Waals surface area contributed by atoms with Crippen LogP contribution in [0.3, 0.4) is 0 Å². The molecular formula is C28H28ClN5O4. The number of rotatable bonds is 5. The second kappa shape index (κ2) is 10.5. The number of amides is 3. The summed E-state index contributed by atoms with van der Waals surface area (Å²) in [6.45, 7) is 7.00. The van der Waals surface area contributed by atoms with Crippen molar-refractivity contribution in [3.05, 3.63) is 94.0 Å². The molecule has 3 aromatic carbocycles. The van der Waals surface area contributed by atoms with Gasteiger partial charge in [-0.15, -0.1) is 0 Å². The number of urea groups is 1. The Morgan fingerprint density at radius 3 is 2.26 bits per heavy atom. The molecule has 1 atom stereocenters. The van der Waals surface area contributed by atoms with Gasteiger partial charge in [0, 0.05) is 16.9 Å². The minimum absolute atomic E-state index is 0.211. The molecule has 0 saturated heterocycles. The first-order chi connectivity index (χ1) is 18.0. The molecule has 0 aliphatic carbocycles. The van der Waals surface area contributed by atoms with E-state index in [4.69, 9.17) is 16.6 Å². The van der Waals surface area contributed by atoms with Crippen LogP contribution in [0.5, 0.6) is 0 Å². The number of anilines is 2. The van der Waals surface area contributed by atoms with Gasteiger partial charge in [-0.1, -0.05) is 41.9 Å². The van der Waals surface area contributed by atoms with Gasteiger partial charge >= 0.3 is 12.1 Å². The van der Waals surface area contributed by atoms with E-state index in [0.29, 0.717) is 22.6 Å². The molecule has 3 N–H and O–H groups in total. The maximum absolute atomic E-state index is 13.9. The van der Waals surface area contributed by atoms with E-state index in [2.05, 4.69) is 10.6 Å². The van der Waals surface area contributed by atoms with E-state index in [9.17, 15) is 19.5 Å². The van der Waals surface area contributed by atoms with Crippen molar-refractivity contribution in [2.24, 2.45) is 0 Å². The van der Waals surface area contributed by atoms with Gasteiger partial charge in [-0.2, -0.15) is 0 Å². The Balaban J connectivity index is 1.84. The number of hydrogen-bond acceptors (Lipinski definition) is 4. The zero-order valence-corrected chi connectivity index (χ0v) is 22.2. The summed E-state index contributed by atoms with van der Waals surface area (Å²) in [7, 11) is 0. The number of carbonyl (C=O) groups excluding carboxylic acids is 1. The fraction of sp³-hybridized carbons (Fsp3) is 0.214. The molecule has 10 heteroatoms. The third-order valence-electron chi connectivity index (χ3n) is 5.96. The van der Waals surface area contributed by atoms with Crippen LogP contribution < -0.4 is 16.2 Å². The highest BCUT2D eigenvalue weighted by molar-refractivity contribution is 6.35. The maximum Gasteiger partial charge on any atom is 0.408 e. The van der Waals surface area contributed by atoms with Crippen LogP contribution in [-0.2, 0) is 0 Å². The van der Waals surface area contributed by atoms with Gasteiger partial charge in [-0.3, -0.25) is 14.3 Å². The maximum atomic E-state index is 13.9. The van der Waals surface area contributed by atoms with Crippen LogP contribution in [0.25, 0.3) is 16.6 Å². The highest BCUT2D eigenvalue weighted by Gasteiger charge is 2.34. The molecule has 1 unspecified atom stereocenters. The van der Waals surface area contributed by atoms with Gasteiger partial charge in [-0.25, -0.2) is 14.6 Å². The fourth-order valence-corrected chi connectivity index (χ4v) is 4.67. The molecule has 4 rings (SSSR count). The van der Waals surface area contributed by atoms with Crippen molar-refractivity contribution in [1.82, 2.24) is 14.5 Å². The SMILES string of the molecule is CC(c1nc2cccc(Cl)c2c(=O)n1-c1cccc(NC(=O)Nc2ccccc2)c1)N(C(=O)O)C(C)(C)C. The quantitative estimate of drug-likeness (QED) is 0.270. The summed E-state index contributed by atoms with van der Waals surface area (Å²) >= 11 is 6.39. The van der Waals surface area contributed by atoms with Crippen molar-refractivity contribution in [2.45, 2.75) is 39.3 Å². The Kier molecular flexibility index (Phi) is 7.41. The summed E-state index contributed by atoms with van der Waals surface area (Å²) in [4.78, 5) is 44.7. The molecule has 38 heavy (non-hydrogen) atoms. The molecule has 4 aromatic rings. The predicted molar refractivity (Wildman–Crippen MR) is 149 cm³/mol. The lowest BCUT2D eigenvalue weighted by Gasteiger charge is -2.38. The van der Waals surface area contributed by atoms with Gasteiger partial charge in [0.15, 0.2) is 0 Å². The second-order valence-electron chi connectivity index (χ2n) is 9.74. The zero-order valence-electron chi connectivity index (χ0n) is 21.4. The number of para-hydroxylation sites is 1. The normalized spacial score (nSPS) is 12.1. The van der Waals surface area contributed by atoms with E-state index in [-0.39, 0.29) is 16.2 Å². The van der Waals surface area contributed by atoms with Crippen LogP contribution in [0.2, 0.25) is 5.02 Å². The first kappa shape index (κ1) is 26.7. The number of aromatic nitrogens is 2. The van der Waals surface area contributed by atoms with E-state index >= 15 is 0 Å². The minimum Gasteiger partial charge on any atom is -0.465 e. The van der Waals surface area contributed by atoms with Crippen molar-refractivity contribution in [1.29, 1.82) is 0 Å². The summed E-state index contributed by atoms with van der Waals surface area (Å²) in [5.74, 6) is 0.216. The molecule has 0 aliphatic heterocycles. The molecule has 1 aromatic heterocycles. The Hall–Kier alpha value is -4.37. The Labute approximate surface area is 224 Å². The van der Waals surface area contributed by atoms with Gasteiger partial charge in [0.2, 0.25) is 0 Å². The summed E-state index contributed by atoms with van der Waals surface area (Å²) in [5.41, 5.74) is 0.562. The average Bonchev–Trinajstić information content (AvgIpc) is 2.83. The van der Waals surface area contributed by atoms with Gasteiger partial charge < -0.3 is 15.7 Å². The van der Waals surface area contributed by atoms with Crippen molar-refractivity contribution in [3.63, 3.8) is 0 Å². The number of hydrogen-bond donors (Lipinski definition) is 3. The van der Waals surface area contributed by atoms with Crippen molar-refractivity contribution in [2.75, 3.05) is 10.6 Å². The Morgan fingerprint density at radius 2 is 1.61 bits per heavy atom. The van der Waals surface area contributed by atoms with Gasteiger partial charge in [-0.05, 0) is 70.2 Å². The van der Waals surface area contributed by atoms with Gasteiger partial charge in [0.05, 0.1) is 27.7 Å². The van der Waals surface area contributed by atoms with E-state index in [1.165, 1.54) is 9.47 Å². The summed E-state index contributed by atoms with van der Waals surface area (Å²) < 4.78 is 1.35. The number of nitrogens with zero attached hydrogens (tertiary/aromatic N) is 3. The predicted octanol–water partition coefficient (Wildman–Crippen LogP) is 6.52. The number of carboxylic acid groups (broad SMARTS) is 1. The average molecular weight is 534 g/mol. The monoisotopic (exact) mass is 533 g/mol. The minimum atomic E-state index is -1.15. The first-order valence-electron chi connectivity index (χ1n) is 11.9. The lowest BCUT2D eigenvalue weighted by molar-refractivity contribution is 0.0719. The van der Waals surface area contributed by atoms with Crippen molar-refractivity contribution < 1.29 is 14.7 Å². The fourth-order valence-electron chi connectivity index (χ4n) is 4.42. The second-order valence-corrected chi connectivity index (χ2v) is 10.1. The Morgan fingerprint density at radius 1 is 0.974 bits per heavy atom. The molecule has 1 heterocycles. The van der Waals surface area contributed by atoms with E-state index in [0.717, 1.165) is 0 Å². The largest absolute Gasteiger partial charge is 0.465 e. The van der Waals surface area contributed by atoms with E-state index in [1.54, 1.807) is 94.4 Å². The number of fused-ring (bicyclic) bond motifs is 1. The highest BCUT2D eigenvalue weighted by Crippen LogP contribution is 2.30. The molecule has 0 saturated carbocycles. The lowest BCUT2D eigenvalue weighted by Crippen LogP contribution is -2.47. The van der Waals surface area contributed by atoms with Crippen LogP contribution >= 0.6 is 11.6 Å². The van der Waals surface area contributed by atoms with Crippen molar-refractivity contribution >= 4 is 46.0 Å². The molecule has 196 valence electrons. The van der Waals surface area contributed by atoms with Crippen LogP contribution in [0, 0.1) is 0 Å². The highest BCUT2D eigenvalue weighted by atomic mass is 35.5. The van der Waals surface area contributed by atoms with Crippen LogP contribution in [0.15, 0.2) is 77.6 Å². The van der Waals surface area contributed by atoms with Crippen LogP contribution in [-0.4, -0.2) is 37.2 Å². The molecule has 0 aliphatic rings. The van der Waals surface area contributed by atoms with Gasteiger partial charge in [0.1, 0.15) is 5.82 Å². The summed E-state index contributed by atoms with van der Waals surface area (Å²) in [6, 6.07) is 19.3. The molecule has 9 nitrogen and oxygen atoms in total. The first-order valence-corrected chi connectivity index (χ1v) is 12.3. The lowest BCUT2D eigenvalue weighted by atomic mass is 10.0. The van der Waals surface area contributed by atoms with Gasteiger partial charge in [0.25, 0.3) is 5.56 Å². The third-order valence-corrected chi connectivity index (χ3v) is 6.27. The van der Waals surface area contributed by atoms with Crippen molar-refractivity contribution in [3.8, 4) is 5.69 Å². The number of carbonyl (C=O) groups is 2. The topological polar surface area (TPSA) is 117 Å². The number of halogens is 1.